The number of benzene rings is 1. The average molecular weight is 482 g/mol. The number of hydrogen-bond donors (Lipinski definition) is 4. The molecule has 10 nitrogen and oxygen atoms in total. The second-order valence-electron chi connectivity index (χ2n) is 9.42. The fourth-order valence-electron chi connectivity index (χ4n) is 3.83. The first-order valence-electron chi connectivity index (χ1n) is 11.1. The van der Waals surface area contributed by atoms with Crippen LogP contribution in [0.4, 0.5) is 42.7 Å². The first-order valence-corrected chi connectivity index (χ1v) is 11.1. The maximum absolute atomic E-state index is 14.7. The lowest BCUT2D eigenvalue weighted by atomic mass is 9.93. The highest BCUT2D eigenvalue weighted by atomic mass is 19.1. The van der Waals surface area contributed by atoms with Crippen LogP contribution in [0.5, 0.6) is 0 Å². The summed E-state index contributed by atoms with van der Waals surface area (Å²) in [6.07, 6.45) is 1.69. The van der Waals surface area contributed by atoms with Crippen LogP contribution in [0.25, 0.3) is 0 Å². The molecule has 0 saturated carbocycles. The number of amides is 4. The third kappa shape index (κ3) is 4.75. The molecule has 0 aliphatic carbocycles. The molecule has 0 fully saturated rings. The number of urea groups is 2. The fraction of sp³-hybridized carbons (Fsp3) is 0.333. The average Bonchev–Trinajstić information content (AvgIpc) is 3.25. The molecule has 1 aliphatic heterocycles. The Kier molecular flexibility index (Phi) is 6.10. The van der Waals surface area contributed by atoms with Crippen molar-refractivity contribution >= 4 is 40.8 Å². The molecule has 4 N–H and O–H groups in total. The predicted molar refractivity (Wildman–Crippen MR) is 133 cm³/mol. The van der Waals surface area contributed by atoms with Gasteiger partial charge in [0.2, 0.25) is 0 Å². The first kappa shape index (κ1) is 24.0. The Hall–Kier alpha value is -4.15. The zero-order valence-corrected chi connectivity index (χ0v) is 20.5. The zero-order valence-electron chi connectivity index (χ0n) is 20.5. The van der Waals surface area contributed by atoms with Gasteiger partial charge < -0.3 is 20.5 Å². The van der Waals surface area contributed by atoms with Gasteiger partial charge in [-0.15, -0.1) is 0 Å². The number of aryl methyl sites for hydroxylation is 1. The van der Waals surface area contributed by atoms with E-state index in [0.717, 1.165) is 11.1 Å². The van der Waals surface area contributed by atoms with Crippen molar-refractivity contribution in [1.82, 2.24) is 10.1 Å². The molecule has 0 saturated heterocycles. The predicted octanol–water partition coefficient (Wildman–Crippen LogP) is 5.36. The molecule has 0 spiro atoms. The van der Waals surface area contributed by atoms with E-state index in [-0.39, 0.29) is 29.5 Å². The Bertz CT molecular complexity index is 1310. The van der Waals surface area contributed by atoms with Crippen molar-refractivity contribution < 1.29 is 18.5 Å². The van der Waals surface area contributed by atoms with E-state index in [0.29, 0.717) is 28.5 Å². The summed E-state index contributed by atoms with van der Waals surface area (Å²) >= 11 is 0. The number of nitrogens with one attached hydrogen (secondary N) is 4. The largest absolute Gasteiger partial charge is 0.373 e. The van der Waals surface area contributed by atoms with Gasteiger partial charge in [0.25, 0.3) is 0 Å². The molecule has 1 aromatic carbocycles. The molecule has 2 aromatic heterocycles. The Morgan fingerprint density at radius 1 is 1.20 bits per heavy atom. The molecule has 3 heterocycles. The van der Waals surface area contributed by atoms with Crippen LogP contribution in [-0.2, 0) is 12.0 Å². The van der Waals surface area contributed by atoms with Crippen molar-refractivity contribution in [3.8, 4) is 0 Å². The number of aromatic nitrogens is 2. The van der Waals surface area contributed by atoms with E-state index >= 15 is 0 Å². The highest BCUT2D eigenvalue weighted by Crippen LogP contribution is 2.35. The molecule has 4 amide bonds. The summed E-state index contributed by atoms with van der Waals surface area (Å²) in [5, 5.41) is 14.7. The van der Waals surface area contributed by atoms with Crippen LogP contribution in [0.3, 0.4) is 0 Å². The van der Waals surface area contributed by atoms with E-state index in [1.54, 1.807) is 26.2 Å². The molecule has 184 valence electrons. The molecular weight excluding hydrogens is 453 g/mol. The van der Waals surface area contributed by atoms with Gasteiger partial charge in [0, 0.05) is 35.9 Å². The normalized spacial score (nSPS) is 13.2. The standard InChI is InChI=1S/C24H28FN7O3/c1-12-7-15(25)16(28-22(33)29-19-9-18(35-31-19)24(3,4)5)8-17(12)32-11-14-10-27-21(26-6)13(2)20(14)30-23(32)34/h7-10H,11H2,1-6H3,(H,26,27)(H,30,34)(H2,28,29,31,33). The summed E-state index contributed by atoms with van der Waals surface area (Å²) in [4.78, 5) is 31.3. The lowest BCUT2D eigenvalue weighted by molar-refractivity contribution is 0.256. The van der Waals surface area contributed by atoms with Crippen LogP contribution in [-0.4, -0.2) is 29.3 Å². The smallest absolute Gasteiger partial charge is 0.326 e. The Balaban J connectivity index is 1.56. The second kappa shape index (κ2) is 8.90. The van der Waals surface area contributed by atoms with Crippen molar-refractivity contribution in [3.05, 3.63) is 52.7 Å². The second-order valence-corrected chi connectivity index (χ2v) is 9.42. The Morgan fingerprint density at radius 2 is 1.94 bits per heavy atom. The summed E-state index contributed by atoms with van der Waals surface area (Å²) in [6.45, 7) is 9.66. The topological polar surface area (TPSA) is 124 Å². The molecular formula is C24H28FN7O3. The van der Waals surface area contributed by atoms with Gasteiger partial charge in [-0.3, -0.25) is 10.2 Å². The molecule has 4 rings (SSSR count). The number of hydrogen-bond acceptors (Lipinski definition) is 6. The number of rotatable bonds is 4. The minimum atomic E-state index is -0.694. The lowest BCUT2D eigenvalue weighted by Crippen LogP contribution is -2.39. The summed E-state index contributed by atoms with van der Waals surface area (Å²) in [5.41, 5.74) is 2.98. The maximum atomic E-state index is 14.7. The zero-order chi connectivity index (χ0) is 25.5. The van der Waals surface area contributed by atoms with Crippen molar-refractivity contribution in [3.63, 3.8) is 0 Å². The van der Waals surface area contributed by atoms with Crippen LogP contribution < -0.4 is 26.2 Å². The molecule has 3 aromatic rings. The molecule has 0 atom stereocenters. The van der Waals surface area contributed by atoms with Gasteiger partial charge in [-0.2, -0.15) is 0 Å². The summed E-state index contributed by atoms with van der Waals surface area (Å²) in [6, 6.07) is 3.26. The number of fused-ring (bicyclic) bond motifs is 1. The number of carbonyl (C=O) groups is 2. The van der Waals surface area contributed by atoms with Crippen molar-refractivity contribution in [2.24, 2.45) is 0 Å². The van der Waals surface area contributed by atoms with Gasteiger partial charge >= 0.3 is 12.1 Å². The number of carbonyl (C=O) groups excluding carboxylic acids is 2. The van der Waals surface area contributed by atoms with Gasteiger partial charge in [0.05, 0.1) is 23.6 Å². The summed E-state index contributed by atoms with van der Waals surface area (Å²) in [5.74, 6) is 0.844. The van der Waals surface area contributed by atoms with E-state index in [1.807, 2.05) is 27.7 Å². The van der Waals surface area contributed by atoms with E-state index in [1.165, 1.54) is 17.0 Å². The van der Waals surface area contributed by atoms with Gasteiger partial charge in [0.1, 0.15) is 17.4 Å². The fourth-order valence-corrected chi connectivity index (χ4v) is 3.83. The van der Waals surface area contributed by atoms with Crippen LogP contribution in [0.15, 0.2) is 28.9 Å². The molecule has 0 unspecified atom stereocenters. The third-order valence-electron chi connectivity index (χ3n) is 5.76. The van der Waals surface area contributed by atoms with E-state index < -0.39 is 11.8 Å². The molecule has 1 aliphatic rings. The van der Waals surface area contributed by atoms with Crippen molar-refractivity contribution in [2.75, 3.05) is 33.2 Å². The van der Waals surface area contributed by atoms with Crippen LogP contribution in [0.2, 0.25) is 0 Å². The minimum absolute atomic E-state index is 0.0823. The van der Waals surface area contributed by atoms with Crippen molar-refractivity contribution in [2.45, 2.75) is 46.6 Å². The quantitative estimate of drug-likeness (QED) is 0.398. The number of anilines is 5. The highest BCUT2D eigenvalue weighted by Gasteiger charge is 2.28. The molecule has 0 bridgehead atoms. The van der Waals surface area contributed by atoms with Crippen LogP contribution >= 0.6 is 0 Å². The Labute approximate surface area is 202 Å². The SMILES string of the molecule is CNc1ncc2c(c1C)NC(=O)N(c1cc(NC(=O)Nc3cc(C(C)(C)C)on3)c(F)cc1C)C2. The third-order valence-corrected chi connectivity index (χ3v) is 5.76. The number of pyridine rings is 1. The van der Waals surface area contributed by atoms with Crippen LogP contribution in [0, 0.1) is 19.7 Å². The molecule has 0 radical (unpaired) electrons. The van der Waals surface area contributed by atoms with E-state index in [4.69, 9.17) is 4.52 Å². The minimum Gasteiger partial charge on any atom is -0.373 e. The molecule has 35 heavy (non-hydrogen) atoms. The molecule has 11 heteroatoms. The van der Waals surface area contributed by atoms with Gasteiger partial charge in [-0.1, -0.05) is 25.9 Å². The monoisotopic (exact) mass is 481 g/mol. The summed E-state index contributed by atoms with van der Waals surface area (Å²) in [7, 11) is 1.76. The van der Waals surface area contributed by atoms with E-state index in [2.05, 4.69) is 31.4 Å². The van der Waals surface area contributed by atoms with Crippen LogP contribution in [0.1, 0.15) is 43.2 Å². The van der Waals surface area contributed by atoms with Crippen molar-refractivity contribution in [1.29, 1.82) is 0 Å². The van der Waals surface area contributed by atoms with Gasteiger partial charge in [0.15, 0.2) is 5.82 Å². The highest BCUT2D eigenvalue weighted by molar-refractivity contribution is 6.06. The van der Waals surface area contributed by atoms with Gasteiger partial charge in [-0.25, -0.2) is 19.0 Å². The Morgan fingerprint density at radius 3 is 2.60 bits per heavy atom. The first-order chi connectivity index (χ1) is 16.5. The summed E-state index contributed by atoms with van der Waals surface area (Å²) < 4.78 is 20.0. The number of nitrogens with zero attached hydrogens (tertiary/aromatic N) is 3. The van der Waals surface area contributed by atoms with E-state index in [9.17, 15) is 14.0 Å². The van der Waals surface area contributed by atoms with Gasteiger partial charge in [-0.05, 0) is 31.5 Å². The lowest BCUT2D eigenvalue weighted by Gasteiger charge is -2.31. The maximum Gasteiger partial charge on any atom is 0.326 e. The number of halogens is 1.